The minimum atomic E-state index is -0.876. The molecule has 0 unspecified atom stereocenters. The molecule has 6 nitrogen and oxygen atoms in total. The number of carbonyl (C=O) groups is 2. The maximum absolute atomic E-state index is 12.0. The van der Waals surface area contributed by atoms with E-state index in [4.69, 9.17) is 27.9 Å². The van der Waals surface area contributed by atoms with Gasteiger partial charge in [-0.25, -0.2) is 5.43 Å². The van der Waals surface area contributed by atoms with Crippen LogP contribution in [0.5, 0.6) is 5.75 Å². The van der Waals surface area contributed by atoms with Crippen LogP contribution in [0.15, 0.2) is 70.2 Å². The highest BCUT2D eigenvalue weighted by molar-refractivity contribution is 9.10. The fraction of sp³-hybridized carbons (Fsp3) is 0.125. The molecule has 0 saturated heterocycles. The number of hydrogen-bond acceptors (Lipinski definition) is 4. The Bertz CT molecular complexity index is 1160. The molecule has 9 heteroatoms. The van der Waals surface area contributed by atoms with Crippen molar-refractivity contribution in [2.45, 2.75) is 20.1 Å². The van der Waals surface area contributed by atoms with Gasteiger partial charge >= 0.3 is 11.8 Å². The molecule has 0 saturated carbocycles. The number of amides is 2. The van der Waals surface area contributed by atoms with Crippen LogP contribution in [0.4, 0.5) is 0 Å². The number of hydrogen-bond donors (Lipinski definition) is 2. The van der Waals surface area contributed by atoms with Gasteiger partial charge in [0.05, 0.1) is 6.21 Å². The van der Waals surface area contributed by atoms with E-state index in [1.54, 1.807) is 36.4 Å². The first-order valence-electron chi connectivity index (χ1n) is 9.85. The monoisotopic (exact) mass is 547 g/mol. The Balaban J connectivity index is 1.59. The summed E-state index contributed by atoms with van der Waals surface area (Å²) in [6.07, 6.45) is 1.39. The molecule has 33 heavy (non-hydrogen) atoms. The largest absolute Gasteiger partial charge is 0.488 e. The lowest BCUT2D eigenvalue weighted by atomic mass is 10.1. The summed E-state index contributed by atoms with van der Waals surface area (Å²) in [4.78, 5) is 24.1. The molecular formula is C24H20BrCl2N3O3. The fourth-order valence-corrected chi connectivity index (χ4v) is 3.64. The summed E-state index contributed by atoms with van der Waals surface area (Å²) in [7, 11) is 0. The summed E-state index contributed by atoms with van der Waals surface area (Å²) >= 11 is 15.8. The third kappa shape index (κ3) is 7.32. The first-order valence-corrected chi connectivity index (χ1v) is 11.4. The smallest absolute Gasteiger partial charge is 0.329 e. The number of rotatable bonds is 7. The van der Waals surface area contributed by atoms with E-state index in [-0.39, 0.29) is 13.2 Å². The molecule has 2 amide bonds. The van der Waals surface area contributed by atoms with Crippen molar-refractivity contribution >= 4 is 57.2 Å². The summed E-state index contributed by atoms with van der Waals surface area (Å²) in [6.45, 7) is 2.36. The third-order valence-corrected chi connectivity index (χ3v) is 5.76. The minimum absolute atomic E-state index is 0.148. The molecule has 0 aromatic heterocycles. The van der Waals surface area contributed by atoms with E-state index in [0.717, 1.165) is 15.6 Å². The number of aryl methyl sites for hydroxylation is 1. The van der Waals surface area contributed by atoms with Crippen LogP contribution in [0.3, 0.4) is 0 Å². The van der Waals surface area contributed by atoms with Gasteiger partial charge in [-0.15, -0.1) is 0 Å². The van der Waals surface area contributed by atoms with E-state index < -0.39 is 11.8 Å². The van der Waals surface area contributed by atoms with Gasteiger partial charge in [-0.1, -0.05) is 75.0 Å². The Hall–Kier alpha value is -2.87. The third-order valence-electron chi connectivity index (χ3n) is 4.56. The molecule has 2 N–H and O–H groups in total. The van der Waals surface area contributed by atoms with Crippen molar-refractivity contribution in [1.82, 2.24) is 10.7 Å². The van der Waals surface area contributed by atoms with E-state index in [2.05, 4.69) is 31.8 Å². The summed E-state index contributed by atoms with van der Waals surface area (Å²) in [5, 5.41) is 7.43. The summed E-state index contributed by atoms with van der Waals surface area (Å²) in [5.74, 6) is -1.17. The van der Waals surface area contributed by atoms with Crippen molar-refractivity contribution in [2.24, 2.45) is 5.10 Å². The van der Waals surface area contributed by atoms with Gasteiger partial charge in [0.25, 0.3) is 0 Å². The Morgan fingerprint density at radius 2 is 1.73 bits per heavy atom. The highest BCUT2D eigenvalue weighted by Crippen LogP contribution is 2.28. The number of benzene rings is 3. The summed E-state index contributed by atoms with van der Waals surface area (Å²) in [6, 6.07) is 18.2. The average Bonchev–Trinajstić information content (AvgIpc) is 2.79. The maximum atomic E-state index is 12.0. The van der Waals surface area contributed by atoms with Crippen molar-refractivity contribution in [3.05, 3.63) is 97.4 Å². The molecule has 3 aromatic carbocycles. The minimum Gasteiger partial charge on any atom is -0.488 e. The standard InChI is InChI=1S/C24H20BrCl2N3O3/c1-15-5-7-16(8-6-15)12-28-23(31)24(32)30-29-13-17-11-18(25)9-10-22(17)33-14-19-20(26)3-2-4-21(19)27/h2-11,13H,12,14H2,1H3,(H,28,31)(H,30,32)/b29-13-. The summed E-state index contributed by atoms with van der Waals surface area (Å²) < 4.78 is 6.65. The van der Waals surface area contributed by atoms with Crippen molar-refractivity contribution in [1.29, 1.82) is 0 Å². The number of ether oxygens (including phenoxy) is 1. The predicted molar refractivity (Wildman–Crippen MR) is 134 cm³/mol. The molecule has 0 aliphatic rings. The van der Waals surface area contributed by atoms with Gasteiger partial charge in [0.15, 0.2) is 0 Å². The van der Waals surface area contributed by atoms with Gasteiger partial charge in [0, 0.05) is 32.2 Å². The first-order chi connectivity index (χ1) is 15.8. The first kappa shape index (κ1) is 24.8. The quantitative estimate of drug-likeness (QED) is 0.235. The van der Waals surface area contributed by atoms with Crippen LogP contribution in [0.25, 0.3) is 0 Å². The second-order valence-electron chi connectivity index (χ2n) is 7.04. The van der Waals surface area contributed by atoms with Gasteiger partial charge in [0.2, 0.25) is 0 Å². The predicted octanol–water partition coefficient (Wildman–Crippen LogP) is 5.41. The zero-order valence-electron chi connectivity index (χ0n) is 17.6. The zero-order valence-corrected chi connectivity index (χ0v) is 20.7. The van der Waals surface area contributed by atoms with Gasteiger partial charge in [-0.2, -0.15) is 5.10 Å². The van der Waals surface area contributed by atoms with Crippen molar-refractivity contribution in [2.75, 3.05) is 0 Å². The summed E-state index contributed by atoms with van der Waals surface area (Å²) in [5.41, 5.74) is 5.46. The maximum Gasteiger partial charge on any atom is 0.329 e. The van der Waals surface area contributed by atoms with Gasteiger partial charge in [0.1, 0.15) is 12.4 Å². The Morgan fingerprint density at radius 1 is 1.03 bits per heavy atom. The highest BCUT2D eigenvalue weighted by Gasteiger charge is 2.13. The molecule has 0 aliphatic carbocycles. The number of nitrogens with zero attached hydrogens (tertiary/aromatic N) is 1. The molecule has 3 rings (SSSR count). The van der Waals surface area contributed by atoms with Crippen LogP contribution >= 0.6 is 39.1 Å². The van der Waals surface area contributed by atoms with E-state index in [1.807, 2.05) is 31.2 Å². The molecule has 0 heterocycles. The molecule has 0 atom stereocenters. The molecule has 170 valence electrons. The lowest BCUT2D eigenvalue weighted by Gasteiger charge is -2.12. The number of carbonyl (C=O) groups excluding carboxylic acids is 2. The molecule has 0 bridgehead atoms. The van der Waals surface area contributed by atoms with Crippen molar-refractivity contribution < 1.29 is 14.3 Å². The van der Waals surface area contributed by atoms with E-state index >= 15 is 0 Å². The van der Waals surface area contributed by atoms with E-state index in [0.29, 0.717) is 26.9 Å². The molecule has 0 radical (unpaired) electrons. The normalized spacial score (nSPS) is 10.8. The van der Waals surface area contributed by atoms with Gasteiger partial charge in [-0.3, -0.25) is 9.59 Å². The van der Waals surface area contributed by atoms with Crippen LogP contribution in [-0.4, -0.2) is 18.0 Å². The molecule has 0 spiro atoms. The number of hydrazone groups is 1. The van der Waals surface area contributed by atoms with Crippen LogP contribution < -0.4 is 15.5 Å². The van der Waals surface area contributed by atoms with E-state index in [9.17, 15) is 9.59 Å². The highest BCUT2D eigenvalue weighted by atomic mass is 79.9. The van der Waals surface area contributed by atoms with Crippen molar-refractivity contribution in [3.8, 4) is 5.75 Å². The Kier molecular flexibility index (Phi) is 8.88. The Morgan fingerprint density at radius 3 is 2.42 bits per heavy atom. The fourth-order valence-electron chi connectivity index (χ4n) is 2.75. The second-order valence-corrected chi connectivity index (χ2v) is 8.77. The molecule has 0 aliphatic heterocycles. The molecule has 3 aromatic rings. The zero-order chi connectivity index (χ0) is 23.8. The van der Waals surface area contributed by atoms with E-state index in [1.165, 1.54) is 6.21 Å². The van der Waals surface area contributed by atoms with Gasteiger partial charge in [-0.05, 0) is 42.8 Å². The molecule has 0 fully saturated rings. The lowest BCUT2D eigenvalue weighted by molar-refractivity contribution is -0.139. The van der Waals surface area contributed by atoms with Crippen LogP contribution in [0.1, 0.15) is 22.3 Å². The van der Waals surface area contributed by atoms with Crippen LogP contribution in [0.2, 0.25) is 10.0 Å². The topological polar surface area (TPSA) is 79.8 Å². The van der Waals surface area contributed by atoms with Crippen LogP contribution in [0, 0.1) is 6.92 Å². The SMILES string of the molecule is Cc1ccc(CNC(=O)C(=O)N/N=C\c2cc(Br)ccc2OCc2c(Cl)cccc2Cl)cc1. The lowest BCUT2D eigenvalue weighted by Crippen LogP contribution is -2.37. The number of nitrogens with one attached hydrogen (secondary N) is 2. The van der Waals surface area contributed by atoms with Gasteiger partial charge < -0.3 is 10.1 Å². The number of halogens is 3. The molecular weight excluding hydrogens is 529 g/mol. The Labute approximate surface area is 210 Å². The average molecular weight is 549 g/mol. The van der Waals surface area contributed by atoms with Crippen LogP contribution in [-0.2, 0) is 22.7 Å². The van der Waals surface area contributed by atoms with Crippen molar-refractivity contribution in [3.63, 3.8) is 0 Å². The second kappa shape index (κ2) is 11.8.